The highest BCUT2D eigenvalue weighted by molar-refractivity contribution is 5.03. The Morgan fingerprint density at radius 2 is 2.47 bits per heavy atom. The van der Waals surface area contributed by atoms with Crippen LogP contribution in [0, 0.1) is 0 Å². The third-order valence-electron chi connectivity index (χ3n) is 2.85. The minimum atomic E-state index is 0.679. The molecule has 0 bridgehead atoms. The normalized spacial score (nSPS) is 21.1. The van der Waals surface area contributed by atoms with Gasteiger partial charge in [-0.15, -0.1) is 0 Å². The van der Waals surface area contributed by atoms with Crippen molar-refractivity contribution in [3.63, 3.8) is 0 Å². The second-order valence-corrected chi connectivity index (χ2v) is 4.31. The van der Waals surface area contributed by atoms with Gasteiger partial charge in [-0.05, 0) is 38.6 Å². The van der Waals surface area contributed by atoms with Gasteiger partial charge in [0, 0.05) is 25.3 Å². The smallest absolute Gasteiger partial charge is 0.0543 e. The molecule has 1 fully saturated rings. The van der Waals surface area contributed by atoms with E-state index in [2.05, 4.69) is 28.3 Å². The van der Waals surface area contributed by atoms with Crippen LogP contribution in [0.2, 0.25) is 0 Å². The fourth-order valence-electron chi connectivity index (χ4n) is 2.12. The Kier molecular flexibility index (Phi) is 3.69. The van der Waals surface area contributed by atoms with Gasteiger partial charge in [0.1, 0.15) is 0 Å². The first-order valence-corrected chi connectivity index (χ1v) is 5.66. The molecule has 0 aromatic carbocycles. The molecule has 15 heavy (non-hydrogen) atoms. The number of aromatic nitrogens is 1. The molecule has 3 heteroatoms. The van der Waals surface area contributed by atoms with Crippen LogP contribution in [0.3, 0.4) is 0 Å². The van der Waals surface area contributed by atoms with E-state index in [-0.39, 0.29) is 0 Å². The van der Waals surface area contributed by atoms with Crippen molar-refractivity contribution in [1.29, 1.82) is 0 Å². The van der Waals surface area contributed by atoms with Gasteiger partial charge in [0.15, 0.2) is 0 Å². The largest absolute Gasteiger partial charge is 0.313 e. The van der Waals surface area contributed by atoms with Crippen molar-refractivity contribution in [3.05, 3.63) is 30.1 Å². The maximum Gasteiger partial charge on any atom is 0.0543 e. The number of nitrogens with one attached hydrogen (secondary N) is 1. The van der Waals surface area contributed by atoms with Gasteiger partial charge in [-0.2, -0.15) is 0 Å². The van der Waals surface area contributed by atoms with Crippen LogP contribution in [-0.4, -0.2) is 36.1 Å². The Morgan fingerprint density at radius 1 is 1.53 bits per heavy atom. The van der Waals surface area contributed by atoms with Gasteiger partial charge in [0.2, 0.25) is 0 Å². The summed E-state index contributed by atoms with van der Waals surface area (Å²) >= 11 is 0. The van der Waals surface area contributed by atoms with Gasteiger partial charge in [-0.25, -0.2) is 0 Å². The van der Waals surface area contributed by atoms with Crippen molar-refractivity contribution in [2.24, 2.45) is 0 Å². The summed E-state index contributed by atoms with van der Waals surface area (Å²) in [5, 5.41) is 3.51. The standard InChI is InChI=1S/C12H19N3/c1-15(10-12-6-4-8-14-12)9-11-5-2-3-7-13-11/h2-3,5,7,12,14H,4,6,8-10H2,1H3. The lowest BCUT2D eigenvalue weighted by Crippen LogP contribution is -2.35. The molecule has 1 saturated heterocycles. The minimum absolute atomic E-state index is 0.679. The second-order valence-electron chi connectivity index (χ2n) is 4.31. The number of pyridine rings is 1. The summed E-state index contributed by atoms with van der Waals surface area (Å²) in [5.74, 6) is 0. The molecular weight excluding hydrogens is 186 g/mol. The first-order chi connectivity index (χ1) is 7.34. The van der Waals surface area contributed by atoms with Crippen molar-refractivity contribution in [1.82, 2.24) is 15.2 Å². The highest BCUT2D eigenvalue weighted by atomic mass is 15.1. The molecule has 1 atom stereocenters. The number of nitrogens with zero attached hydrogens (tertiary/aromatic N) is 2. The number of hydrogen-bond donors (Lipinski definition) is 1. The van der Waals surface area contributed by atoms with E-state index < -0.39 is 0 Å². The van der Waals surface area contributed by atoms with Crippen molar-refractivity contribution in [2.45, 2.75) is 25.4 Å². The fraction of sp³-hybridized carbons (Fsp3) is 0.583. The zero-order chi connectivity index (χ0) is 10.5. The van der Waals surface area contributed by atoms with Crippen LogP contribution in [0.15, 0.2) is 24.4 Å². The van der Waals surface area contributed by atoms with E-state index in [1.807, 2.05) is 18.3 Å². The van der Waals surface area contributed by atoms with Crippen LogP contribution in [0.1, 0.15) is 18.5 Å². The maximum absolute atomic E-state index is 4.33. The monoisotopic (exact) mass is 205 g/mol. The van der Waals surface area contributed by atoms with E-state index >= 15 is 0 Å². The molecule has 0 spiro atoms. The quantitative estimate of drug-likeness (QED) is 0.802. The van der Waals surface area contributed by atoms with E-state index in [0.29, 0.717) is 6.04 Å². The molecular formula is C12H19N3. The molecule has 1 aromatic rings. The Labute approximate surface area is 91.5 Å². The molecule has 1 aliphatic heterocycles. The number of hydrogen-bond acceptors (Lipinski definition) is 3. The average Bonchev–Trinajstić information content (AvgIpc) is 2.71. The third kappa shape index (κ3) is 3.29. The molecule has 0 radical (unpaired) electrons. The van der Waals surface area contributed by atoms with Crippen LogP contribution in [0.5, 0.6) is 0 Å². The highest BCUT2D eigenvalue weighted by Gasteiger charge is 2.15. The van der Waals surface area contributed by atoms with Gasteiger partial charge in [-0.1, -0.05) is 6.07 Å². The summed E-state index contributed by atoms with van der Waals surface area (Å²) in [4.78, 5) is 6.67. The van der Waals surface area contributed by atoms with Crippen LogP contribution in [0.4, 0.5) is 0 Å². The highest BCUT2D eigenvalue weighted by Crippen LogP contribution is 2.07. The predicted octanol–water partition coefficient (Wildman–Crippen LogP) is 1.27. The lowest BCUT2D eigenvalue weighted by molar-refractivity contribution is 0.290. The zero-order valence-electron chi connectivity index (χ0n) is 9.32. The van der Waals surface area contributed by atoms with Crippen molar-refractivity contribution < 1.29 is 0 Å². The summed E-state index contributed by atoms with van der Waals surface area (Å²) in [7, 11) is 2.16. The summed E-state index contributed by atoms with van der Waals surface area (Å²) in [6, 6.07) is 6.77. The minimum Gasteiger partial charge on any atom is -0.313 e. The van der Waals surface area contributed by atoms with Crippen LogP contribution in [-0.2, 0) is 6.54 Å². The Hall–Kier alpha value is -0.930. The topological polar surface area (TPSA) is 28.2 Å². The fourth-order valence-corrected chi connectivity index (χ4v) is 2.12. The van der Waals surface area contributed by atoms with Gasteiger partial charge >= 0.3 is 0 Å². The third-order valence-corrected chi connectivity index (χ3v) is 2.85. The van der Waals surface area contributed by atoms with E-state index in [1.165, 1.54) is 19.4 Å². The molecule has 3 nitrogen and oxygen atoms in total. The molecule has 82 valence electrons. The van der Waals surface area contributed by atoms with Gasteiger partial charge in [0.05, 0.1) is 5.69 Å². The van der Waals surface area contributed by atoms with Crippen molar-refractivity contribution >= 4 is 0 Å². The molecule has 1 N–H and O–H groups in total. The van der Waals surface area contributed by atoms with Crippen molar-refractivity contribution in [3.8, 4) is 0 Å². The van der Waals surface area contributed by atoms with Crippen LogP contribution in [0.25, 0.3) is 0 Å². The van der Waals surface area contributed by atoms with Gasteiger partial charge in [-0.3, -0.25) is 9.88 Å². The van der Waals surface area contributed by atoms with Crippen LogP contribution >= 0.6 is 0 Å². The first-order valence-electron chi connectivity index (χ1n) is 5.66. The molecule has 0 aliphatic carbocycles. The van der Waals surface area contributed by atoms with E-state index in [9.17, 15) is 0 Å². The summed E-state index contributed by atoms with van der Waals surface area (Å²) in [5.41, 5.74) is 1.15. The lowest BCUT2D eigenvalue weighted by Gasteiger charge is -2.20. The summed E-state index contributed by atoms with van der Waals surface area (Å²) < 4.78 is 0. The molecule has 2 rings (SSSR count). The number of rotatable bonds is 4. The molecule has 1 unspecified atom stereocenters. The summed E-state index contributed by atoms with van der Waals surface area (Å²) in [6.45, 7) is 3.25. The molecule has 1 aromatic heterocycles. The Balaban J connectivity index is 1.79. The SMILES string of the molecule is CN(Cc1ccccn1)CC1CCCN1. The lowest BCUT2D eigenvalue weighted by atomic mass is 10.2. The second kappa shape index (κ2) is 5.24. The van der Waals surface area contributed by atoms with Gasteiger partial charge in [0.25, 0.3) is 0 Å². The van der Waals surface area contributed by atoms with E-state index in [1.54, 1.807) is 0 Å². The average molecular weight is 205 g/mol. The molecule has 1 aliphatic rings. The Morgan fingerprint density at radius 3 is 3.13 bits per heavy atom. The first kappa shape index (κ1) is 10.6. The van der Waals surface area contributed by atoms with Gasteiger partial charge < -0.3 is 5.32 Å². The zero-order valence-corrected chi connectivity index (χ0v) is 9.32. The summed E-state index contributed by atoms with van der Waals surface area (Å²) in [6.07, 6.45) is 4.49. The van der Waals surface area contributed by atoms with E-state index in [0.717, 1.165) is 18.8 Å². The number of likely N-dealkylation sites (N-methyl/N-ethyl adjacent to an activating group) is 1. The molecule has 0 saturated carbocycles. The molecule has 0 amide bonds. The van der Waals surface area contributed by atoms with Crippen molar-refractivity contribution in [2.75, 3.05) is 20.1 Å². The Bertz CT molecular complexity index is 280. The van der Waals surface area contributed by atoms with Crippen LogP contribution < -0.4 is 5.32 Å². The maximum atomic E-state index is 4.33. The predicted molar refractivity (Wildman–Crippen MR) is 61.6 cm³/mol. The van der Waals surface area contributed by atoms with E-state index in [4.69, 9.17) is 0 Å². The molecule has 2 heterocycles.